The second kappa shape index (κ2) is 6.65. The molecular formula is C16H17N3O2. The summed E-state index contributed by atoms with van der Waals surface area (Å²) >= 11 is 0. The second-order valence-electron chi connectivity index (χ2n) is 4.65. The molecule has 0 unspecified atom stereocenters. The number of methoxy groups -OCH3 is 1. The van der Waals surface area contributed by atoms with Gasteiger partial charge in [-0.25, -0.2) is 0 Å². The Morgan fingerprint density at radius 1 is 1.29 bits per heavy atom. The van der Waals surface area contributed by atoms with Crippen LogP contribution in [-0.2, 0) is 0 Å². The smallest absolute Gasteiger partial charge is 0.191 e. The predicted molar refractivity (Wildman–Crippen MR) is 81.2 cm³/mol. The first-order valence-corrected chi connectivity index (χ1v) is 6.45. The summed E-state index contributed by atoms with van der Waals surface area (Å²) < 4.78 is 5.22. The molecule has 0 aromatic carbocycles. The van der Waals surface area contributed by atoms with Gasteiger partial charge in [-0.15, -0.1) is 0 Å². The minimum absolute atomic E-state index is 0.127. The minimum Gasteiger partial charge on any atom is -0.494 e. The Bertz CT molecular complexity index is 652. The number of allylic oxidation sites excluding steroid dienone is 1. The topological polar surface area (TPSA) is 55.3 Å². The van der Waals surface area contributed by atoms with Crippen LogP contribution in [0.2, 0.25) is 0 Å². The fourth-order valence-corrected chi connectivity index (χ4v) is 1.79. The van der Waals surface area contributed by atoms with E-state index in [1.807, 2.05) is 26.2 Å². The molecule has 2 aromatic heterocycles. The lowest BCUT2D eigenvalue weighted by molar-refractivity contribution is 0.104. The van der Waals surface area contributed by atoms with E-state index < -0.39 is 0 Å². The SMILES string of the molecule is COc1cnc(-c2ccncc2)cc1C(=O)/C=C/N(C)C. The summed E-state index contributed by atoms with van der Waals surface area (Å²) in [6, 6.07) is 5.42. The van der Waals surface area contributed by atoms with Gasteiger partial charge in [-0.3, -0.25) is 14.8 Å². The van der Waals surface area contributed by atoms with E-state index in [2.05, 4.69) is 9.97 Å². The first-order valence-electron chi connectivity index (χ1n) is 6.45. The third kappa shape index (κ3) is 3.66. The maximum Gasteiger partial charge on any atom is 0.191 e. The molecule has 0 saturated heterocycles. The first kappa shape index (κ1) is 14.7. The second-order valence-corrected chi connectivity index (χ2v) is 4.65. The summed E-state index contributed by atoms with van der Waals surface area (Å²) in [5.74, 6) is 0.333. The Balaban J connectivity index is 2.41. The van der Waals surface area contributed by atoms with Crippen molar-refractivity contribution in [2.24, 2.45) is 0 Å². The van der Waals surface area contributed by atoms with Crippen LogP contribution in [0.5, 0.6) is 5.75 Å². The van der Waals surface area contributed by atoms with E-state index in [0.29, 0.717) is 17.0 Å². The molecule has 0 aliphatic heterocycles. The summed E-state index contributed by atoms with van der Waals surface area (Å²) in [7, 11) is 5.24. The van der Waals surface area contributed by atoms with Gasteiger partial charge in [0, 0.05) is 44.3 Å². The highest BCUT2D eigenvalue weighted by Crippen LogP contribution is 2.24. The van der Waals surface area contributed by atoms with Crippen molar-refractivity contribution in [3.05, 3.63) is 54.6 Å². The molecule has 0 N–H and O–H groups in total. The van der Waals surface area contributed by atoms with E-state index in [-0.39, 0.29) is 5.78 Å². The number of hydrogen-bond acceptors (Lipinski definition) is 5. The van der Waals surface area contributed by atoms with Crippen molar-refractivity contribution in [2.75, 3.05) is 21.2 Å². The average Bonchev–Trinajstić information content (AvgIpc) is 2.52. The normalized spacial score (nSPS) is 10.6. The third-order valence-electron chi connectivity index (χ3n) is 2.85. The Morgan fingerprint density at radius 2 is 2.00 bits per heavy atom. The Morgan fingerprint density at radius 3 is 2.62 bits per heavy atom. The van der Waals surface area contributed by atoms with Gasteiger partial charge >= 0.3 is 0 Å². The average molecular weight is 283 g/mol. The van der Waals surface area contributed by atoms with Gasteiger partial charge < -0.3 is 9.64 Å². The monoisotopic (exact) mass is 283 g/mol. The van der Waals surface area contributed by atoms with Gasteiger partial charge in [-0.1, -0.05) is 0 Å². The molecule has 0 amide bonds. The van der Waals surface area contributed by atoms with Crippen LogP contribution in [0.25, 0.3) is 11.3 Å². The van der Waals surface area contributed by atoms with Crippen LogP contribution in [0.3, 0.4) is 0 Å². The van der Waals surface area contributed by atoms with Crippen molar-refractivity contribution in [1.29, 1.82) is 0 Å². The lowest BCUT2D eigenvalue weighted by atomic mass is 10.1. The summed E-state index contributed by atoms with van der Waals surface area (Å²) in [4.78, 5) is 22.4. The molecule has 0 spiro atoms. The number of rotatable bonds is 5. The Kier molecular flexibility index (Phi) is 4.66. The van der Waals surface area contributed by atoms with Crippen LogP contribution in [0.15, 0.2) is 49.1 Å². The number of hydrogen-bond donors (Lipinski definition) is 0. The number of carbonyl (C=O) groups excluding carboxylic acids is 1. The number of ketones is 1. The van der Waals surface area contributed by atoms with E-state index in [9.17, 15) is 4.79 Å². The molecule has 0 radical (unpaired) electrons. The molecule has 5 heteroatoms. The molecule has 0 saturated carbocycles. The zero-order chi connectivity index (χ0) is 15.2. The van der Waals surface area contributed by atoms with Crippen LogP contribution in [0.4, 0.5) is 0 Å². The van der Waals surface area contributed by atoms with E-state index in [1.165, 1.54) is 13.2 Å². The standard InChI is InChI=1S/C16H17N3O2/c1-19(2)9-6-15(20)13-10-14(18-11-16(13)21-3)12-4-7-17-8-5-12/h4-11H,1-3H3/b9-6+. The predicted octanol–water partition coefficient (Wildman–Crippen LogP) is 2.41. The van der Waals surface area contributed by atoms with Crippen LogP contribution in [-0.4, -0.2) is 41.9 Å². The van der Waals surface area contributed by atoms with Crippen molar-refractivity contribution in [3.8, 4) is 17.0 Å². The molecule has 2 heterocycles. The zero-order valence-corrected chi connectivity index (χ0v) is 12.3. The largest absolute Gasteiger partial charge is 0.494 e. The maximum absolute atomic E-state index is 12.3. The molecule has 0 aliphatic rings. The van der Waals surface area contributed by atoms with Crippen molar-refractivity contribution < 1.29 is 9.53 Å². The van der Waals surface area contributed by atoms with Crippen molar-refractivity contribution in [1.82, 2.24) is 14.9 Å². The number of carbonyl (C=O) groups is 1. The summed E-state index contributed by atoms with van der Waals surface area (Å²) in [5, 5.41) is 0. The molecular weight excluding hydrogens is 266 g/mol. The molecule has 0 fully saturated rings. The lowest BCUT2D eigenvalue weighted by Crippen LogP contribution is -2.05. The highest BCUT2D eigenvalue weighted by molar-refractivity contribution is 6.07. The number of pyridine rings is 2. The number of aromatic nitrogens is 2. The summed E-state index contributed by atoms with van der Waals surface area (Å²) in [5.41, 5.74) is 2.09. The van der Waals surface area contributed by atoms with Gasteiger partial charge in [0.15, 0.2) is 5.78 Å². The molecule has 0 aliphatic carbocycles. The Labute approximate surface area is 123 Å². The van der Waals surface area contributed by atoms with Gasteiger partial charge in [-0.2, -0.15) is 0 Å². The zero-order valence-electron chi connectivity index (χ0n) is 12.3. The van der Waals surface area contributed by atoms with Crippen LogP contribution in [0, 0.1) is 0 Å². The maximum atomic E-state index is 12.3. The number of ether oxygens (including phenoxy) is 1. The third-order valence-corrected chi connectivity index (χ3v) is 2.85. The summed E-state index contributed by atoms with van der Waals surface area (Å²) in [6.45, 7) is 0. The van der Waals surface area contributed by atoms with Gasteiger partial charge in [0.25, 0.3) is 0 Å². The van der Waals surface area contributed by atoms with Crippen molar-refractivity contribution in [3.63, 3.8) is 0 Å². The molecule has 2 aromatic rings. The highest BCUT2D eigenvalue weighted by Gasteiger charge is 2.12. The van der Waals surface area contributed by atoms with E-state index >= 15 is 0 Å². The van der Waals surface area contributed by atoms with Crippen molar-refractivity contribution in [2.45, 2.75) is 0 Å². The summed E-state index contributed by atoms with van der Waals surface area (Å²) in [6.07, 6.45) is 8.15. The fourth-order valence-electron chi connectivity index (χ4n) is 1.79. The van der Waals surface area contributed by atoms with Crippen LogP contribution >= 0.6 is 0 Å². The van der Waals surface area contributed by atoms with Gasteiger partial charge in [0.1, 0.15) is 5.75 Å². The molecule has 5 nitrogen and oxygen atoms in total. The van der Waals surface area contributed by atoms with Gasteiger partial charge in [-0.05, 0) is 18.2 Å². The molecule has 0 bridgehead atoms. The van der Waals surface area contributed by atoms with Gasteiger partial charge in [0.2, 0.25) is 0 Å². The quantitative estimate of drug-likeness (QED) is 0.623. The lowest BCUT2D eigenvalue weighted by Gasteiger charge is -2.09. The highest BCUT2D eigenvalue weighted by atomic mass is 16.5. The fraction of sp³-hybridized carbons (Fsp3) is 0.188. The molecule has 21 heavy (non-hydrogen) atoms. The first-order chi connectivity index (χ1) is 10.1. The Hall–Kier alpha value is -2.69. The molecule has 0 atom stereocenters. The molecule has 108 valence electrons. The van der Waals surface area contributed by atoms with Crippen LogP contribution in [0.1, 0.15) is 10.4 Å². The number of nitrogens with zero attached hydrogens (tertiary/aromatic N) is 3. The minimum atomic E-state index is -0.127. The van der Waals surface area contributed by atoms with E-state index in [4.69, 9.17) is 4.74 Å². The van der Waals surface area contributed by atoms with E-state index in [0.717, 1.165) is 5.56 Å². The van der Waals surface area contributed by atoms with E-state index in [1.54, 1.807) is 35.8 Å². The van der Waals surface area contributed by atoms with Crippen LogP contribution < -0.4 is 4.74 Å². The van der Waals surface area contributed by atoms with Gasteiger partial charge in [0.05, 0.1) is 24.6 Å². The molecule has 2 rings (SSSR count). The van der Waals surface area contributed by atoms with Crippen molar-refractivity contribution >= 4 is 5.78 Å².